The molecule has 0 radical (unpaired) electrons. The molecule has 0 spiro atoms. The first kappa shape index (κ1) is 31.2. The fraction of sp³-hybridized carbons (Fsp3) is 0. The monoisotopic (exact) mass is 731 g/mol. The molecule has 0 fully saturated rings. The summed E-state index contributed by atoms with van der Waals surface area (Å²) in [6.07, 6.45) is 0. The molecule has 3 heterocycles. The number of nitrogens with zero attached hydrogens (tertiary/aromatic N) is 3. The molecule has 0 aliphatic heterocycles. The summed E-state index contributed by atoms with van der Waals surface area (Å²) in [5.74, 6) is 0. The van der Waals surface area contributed by atoms with E-state index in [1.807, 2.05) is 11.3 Å². The highest BCUT2D eigenvalue weighted by atomic mass is 32.1. The lowest BCUT2D eigenvalue weighted by Crippen LogP contribution is -2.10. The Morgan fingerprint density at radius 1 is 0.339 bits per heavy atom. The van der Waals surface area contributed by atoms with E-state index in [2.05, 4.69) is 214 Å². The standard InChI is InChI=1S/C52H33N3S/c1-2-15-36(16-3-1)54-46-21-10-7-19-43(46)52-47(22-12-23-48(52)54)53(39-29-30-42-41-18-8-11-24-50(41)56-51(42)33-39)37-25-27-38(28-26-37)55-45-20-9-6-17-40(45)44-31-34-13-4-5-14-35(34)32-49(44)55/h1-33H. The smallest absolute Gasteiger partial charge is 0.0562 e. The summed E-state index contributed by atoms with van der Waals surface area (Å²) in [5, 5.41) is 10.1. The third-order valence-corrected chi connectivity index (χ3v) is 12.6. The molecule has 3 nitrogen and oxygen atoms in total. The molecule has 56 heavy (non-hydrogen) atoms. The van der Waals surface area contributed by atoms with Gasteiger partial charge < -0.3 is 14.0 Å². The molecule has 12 rings (SSSR count). The molecule has 0 amide bonds. The van der Waals surface area contributed by atoms with E-state index in [9.17, 15) is 0 Å². The van der Waals surface area contributed by atoms with Crippen LogP contribution in [0.1, 0.15) is 0 Å². The molecule has 0 unspecified atom stereocenters. The summed E-state index contributed by atoms with van der Waals surface area (Å²) in [5.41, 5.74) is 10.4. The molecular formula is C52H33N3S. The maximum absolute atomic E-state index is 2.46. The van der Waals surface area contributed by atoms with Crippen LogP contribution in [0.15, 0.2) is 200 Å². The molecule has 0 saturated carbocycles. The van der Waals surface area contributed by atoms with Gasteiger partial charge in [0.25, 0.3) is 0 Å². The van der Waals surface area contributed by atoms with Gasteiger partial charge in [0.15, 0.2) is 0 Å². The van der Waals surface area contributed by atoms with Crippen LogP contribution >= 0.6 is 11.3 Å². The molecule has 9 aromatic carbocycles. The molecule has 0 saturated heterocycles. The van der Waals surface area contributed by atoms with E-state index in [4.69, 9.17) is 0 Å². The van der Waals surface area contributed by atoms with Gasteiger partial charge >= 0.3 is 0 Å². The Kier molecular flexibility index (Phi) is 6.80. The van der Waals surface area contributed by atoms with Gasteiger partial charge in [-0.2, -0.15) is 0 Å². The number of para-hydroxylation sites is 3. The van der Waals surface area contributed by atoms with Gasteiger partial charge in [0.2, 0.25) is 0 Å². The Labute approximate surface area is 327 Å². The molecular weight excluding hydrogens is 699 g/mol. The van der Waals surface area contributed by atoms with Gasteiger partial charge in [0, 0.05) is 64.5 Å². The van der Waals surface area contributed by atoms with Crippen LogP contribution < -0.4 is 4.90 Å². The average Bonchev–Trinajstić information content (AvgIpc) is 3.91. The zero-order chi connectivity index (χ0) is 36.7. The van der Waals surface area contributed by atoms with Gasteiger partial charge in [-0.05, 0) is 102 Å². The fourth-order valence-electron chi connectivity index (χ4n) is 9.01. The Morgan fingerprint density at radius 2 is 0.929 bits per heavy atom. The van der Waals surface area contributed by atoms with E-state index in [0.29, 0.717) is 0 Å². The zero-order valence-corrected chi connectivity index (χ0v) is 31.1. The summed E-state index contributed by atoms with van der Waals surface area (Å²) in [7, 11) is 0. The lowest BCUT2D eigenvalue weighted by atomic mass is 10.1. The Hall–Kier alpha value is -7.14. The van der Waals surface area contributed by atoms with Crippen LogP contribution in [0.4, 0.5) is 17.1 Å². The number of aromatic nitrogens is 2. The number of benzene rings is 9. The molecule has 0 atom stereocenters. The molecule has 0 aliphatic carbocycles. The third-order valence-electron chi connectivity index (χ3n) is 11.5. The Bertz CT molecular complexity index is 3480. The van der Waals surface area contributed by atoms with E-state index < -0.39 is 0 Å². The van der Waals surface area contributed by atoms with Crippen molar-refractivity contribution in [1.82, 2.24) is 9.13 Å². The number of hydrogen-bond donors (Lipinski definition) is 0. The highest BCUT2D eigenvalue weighted by Gasteiger charge is 2.22. The lowest BCUT2D eigenvalue weighted by Gasteiger charge is -2.27. The molecule has 262 valence electrons. The minimum atomic E-state index is 1.10. The van der Waals surface area contributed by atoms with Crippen molar-refractivity contribution in [2.24, 2.45) is 0 Å². The van der Waals surface area contributed by atoms with Crippen LogP contribution in [0.3, 0.4) is 0 Å². The molecule has 0 N–H and O–H groups in total. The fourth-order valence-corrected chi connectivity index (χ4v) is 10.1. The maximum Gasteiger partial charge on any atom is 0.0562 e. The predicted molar refractivity (Wildman–Crippen MR) is 240 cm³/mol. The Balaban J connectivity index is 1.10. The van der Waals surface area contributed by atoms with Crippen molar-refractivity contribution in [3.8, 4) is 11.4 Å². The topological polar surface area (TPSA) is 13.1 Å². The van der Waals surface area contributed by atoms with Crippen LogP contribution in [0.25, 0.3) is 85.9 Å². The van der Waals surface area contributed by atoms with Crippen LogP contribution in [0.5, 0.6) is 0 Å². The minimum absolute atomic E-state index is 1.10. The van der Waals surface area contributed by atoms with E-state index in [-0.39, 0.29) is 0 Å². The van der Waals surface area contributed by atoms with Crippen LogP contribution in [-0.4, -0.2) is 9.13 Å². The van der Waals surface area contributed by atoms with Gasteiger partial charge in [-0.1, -0.05) is 109 Å². The Morgan fingerprint density at radius 3 is 1.75 bits per heavy atom. The van der Waals surface area contributed by atoms with E-state index in [0.717, 1.165) is 28.4 Å². The van der Waals surface area contributed by atoms with Crippen LogP contribution in [0.2, 0.25) is 0 Å². The summed E-state index contributed by atoms with van der Waals surface area (Å²) in [6, 6.07) is 73.3. The first-order valence-corrected chi connectivity index (χ1v) is 19.9. The predicted octanol–water partition coefficient (Wildman–Crippen LogP) is 14.9. The molecule has 0 bridgehead atoms. The summed E-state index contributed by atoms with van der Waals surface area (Å²) < 4.78 is 7.41. The van der Waals surface area contributed by atoms with Crippen molar-refractivity contribution < 1.29 is 0 Å². The van der Waals surface area contributed by atoms with E-state index in [1.165, 1.54) is 74.6 Å². The van der Waals surface area contributed by atoms with Crippen molar-refractivity contribution in [2.45, 2.75) is 0 Å². The summed E-state index contributed by atoms with van der Waals surface area (Å²) >= 11 is 1.86. The number of fused-ring (bicyclic) bond motifs is 10. The molecule has 0 aliphatic rings. The second-order valence-corrected chi connectivity index (χ2v) is 15.6. The highest BCUT2D eigenvalue weighted by molar-refractivity contribution is 7.25. The molecule has 4 heteroatoms. The third kappa shape index (κ3) is 4.63. The lowest BCUT2D eigenvalue weighted by molar-refractivity contribution is 1.17. The van der Waals surface area contributed by atoms with E-state index >= 15 is 0 Å². The second kappa shape index (κ2) is 12.2. The minimum Gasteiger partial charge on any atom is -0.310 e. The maximum atomic E-state index is 2.46. The largest absolute Gasteiger partial charge is 0.310 e. The molecule has 12 aromatic rings. The SMILES string of the molecule is c1ccc(-n2c3ccccc3c3c(N(c4ccc(-n5c6ccccc6c6cc7ccccc7cc65)cc4)c4ccc5c(c4)sc4ccccc45)cccc32)cc1. The normalized spacial score (nSPS) is 11.9. The van der Waals surface area contributed by atoms with Gasteiger partial charge in [0.05, 0.1) is 27.8 Å². The van der Waals surface area contributed by atoms with Crippen molar-refractivity contribution in [2.75, 3.05) is 4.90 Å². The quantitative estimate of drug-likeness (QED) is 0.172. The van der Waals surface area contributed by atoms with Crippen LogP contribution in [-0.2, 0) is 0 Å². The number of rotatable bonds is 5. The van der Waals surface area contributed by atoms with Crippen molar-refractivity contribution in [3.63, 3.8) is 0 Å². The zero-order valence-electron chi connectivity index (χ0n) is 30.3. The second-order valence-electron chi connectivity index (χ2n) is 14.6. The summed E-state index contributed by atoms with van der Waals surface area (Å²) in [6.45, 7) is 0. The van der Waals surface area contributed by atoms with E-state index in [1.54, 1.807) is 0 Å². The summed E-state index contributed by atoms with van der Waals surface area (Å²) in [4.78, 5) is 2.46. The van der Waals surface area contributed by atoms with Gasteiger partial charge in [-0.15, -0.1) is 11.3 Å². The van der Waals surface area contributed by atoms with Crippen molar-refractivity contribution in [3.05, 3.63) is 200 Å². The van der Waals surface area contributed by atoms with Gasteiger partial charge in [-0.25, -0.2) is 0 Å². The number of thiophene rings is 1. The van der Waals surface area contributed by atoms with Crippen molar-refractivity contribution in [1.29, 1.82) is 0 Å². The van der Waals surface area contributed by atoms with Gasteiger partial charge in [0.1, 0.15) is 0 Å². The average molecular weight is 732 g/mol. The first-order valence-electron chi connectivity index (χ1n) is 19.1. The molecule has 3 aromatic heterocycles. The highest BCUT2D eigenvalue weighted by Crippen LogP contribution is 2.46. The first-order chi connectivity index (χ1) is 27.8. The van der Waals surface area contributed by atoms with Crippen molar-refractivity contribution >= 4 is 103 Å². The number of hydrogen-bond acceptors (Lipinski definition) is 2. The van der Waals surface area contributed by atoms with Crippen LogP contribution in [0, 0.1) is 0 Å². The van der Waals surface area contributed by atoms with Gasteiger partial charge in [-0.3, -0.25) is 0 Å². The number of anilines is 3.